The number of hydrogen-bond acceptors (Lipinski definition) is 4. The lowest BCUT2D eigenvalue weighted by Gasteiger charge is -2.23. The van der Waals surface area contributed by atoms with E-state index in [1.807, 2.05) is 6.07 Å². The molecule has 0 atom stereocenters. The molecule has 0 aliphatic heterocycles. The van der Waals surface area contributed by atoms with Crippen molar-refractivity contribution in [3.8, 4) is 5.69 Å². The van der Waals surface area contributed by atoms with Crippen molar-refractivity contribution in [1.29, 1.82) is 0 Å². The van der Waals surface area contributed by atoms with Crippen LogP contribution in [0.2, 0.25) is 10.0 Å². The molecule has 1 aliphatic carbocycles. The van der Waals surface area contributed by atoms with Gasteiger partial charge in [-0.05, 0) is 31.0 Å². The highest BCUT2D eigenvalue weighted by Gasteiger charge is 2.17. The molecule has 0 amide bonds. The van der Waals surface area contributed by atoms with E-state index in [1.165, 1.54) is 32.1 Å². The van der Waals surface area contributed by atoms with Crippen LogP contribution in [0.3, 0.4) is 0 Å². The van der Waals surface area contributed by atoms with Gasteiger partial charge in [0, 0.05) is 6.04 Å². The molecule has 0 saturated heterocycles. The molecule has 0 bridgehead atoms. The van der Waals surface area contributed by atoms with Crippen molar-refractivity contribution in [3.05, 3.63) is 40.8 Å². The fraction of sp³-hybridized carbons (Fsp3) is 0.353. The number of fused-ring (bicyclic) bond motifs is 1. The first kappa shape index (κ1) is 15.7. The largest absolute Gasteiger partial charge is 0.367 e. The van der Waals surface area contributed by atoms with Crippen LogP contribution in [0.1, 0.15) is 32.1 Å². The molecule has 2 heterocycles. The highest BCUT2D eigenvalue weighted by Crippen LogP contribution is 2.28. The van der Waals surface area contributed by atoms with Crippen LogP contribution in [-0.4, -0.2) is 25.8 Å². The average Bonchev–Trinajstić information content (AvgIpc) is 3.03. The summed E-state index contributed by atoms with van der Waals surface area (Å²) < 4.78 is 1.76. The lowest BCUT2D eigenvalue weighted by Crippen LogP contribution is -2.22. The van der Waals surface area contributed by atoms with Gasteiger partial charge in [-0.3, -0.25) is 0 Å². The van der Waals surface area contributed by atoms with Crippen molar-refractivity contribution in [2.75, 3.05) is 5.32 Å². The Bertz CT molecular complexity index is 871. The average molecular weight is 362 g/mol. The zero-order valence-electron chi connectivity index (χ0n) is 13.0. The van der Waals surface area contributed by atoms with E-state index in [1.54, 1.807) is 29.3 Å². The minimum atomic E-state index is 0.477. The summed E-state index contributed by atoms with van der Waals surface area (Å²) in [4.78, 5) is 8.81. The van der Waals surface area contributed by atoms with Gasteiger partial charge < -0.3 is 5.32 Å². The number of anilines is 1. The van der Waals surface area contributed by atoms with Crippen molar-refractivity contribution in [1.82, 2.24) is 19.7 Å². The SMILES string of the molecule is Clc1ccc(-n2ncc3c(NC4CCCCC4)ncnc32)cc1Cl. The fourth-order valence-electron chi connectivity index (χ4n) is 3.21. The first-order chi connectivity index (χ1) is 11.7. The van der Waals surface area contributed by atoms with E-state index >= 15 is 0 Å². The van der Waals surface area contributed by atoms with E-state index in [0.717, 1.165) is 22.5 Å². The highest BCUT2D eigenvalue weighted by atomic mass is 35.5. The van der Waals surface area contributed by atoms with E-state index in [4.69, 9.17) is 23.2 Å². The molecule has 3 aromatic rings. The van der Waals surface area contributed by atoms with Crippen LogP contribution < -0.4 is 5.32 Å². The zero-order valence-corrected chi connectivity index (χ0v) is 14.6. The summed E-state index contributed by atoms with van der Waals surface area (Å²) in [5.41, 5.74) is 1.57. The zero-order chi connectivity index (χ0) is 16.5. The summed E-state index contributed by atoms with van der Waals surface area (Å²) in [6.07, 6.45) is 9.61. The van der Waals surface area contributed by atoms with Gasteiger partial charge in [0.2, 0.25) is 0 Å². The van der Waals surface area contributed by atoms with Gasteiger partial charge in [-0.1, -0.05) is 42.5 Å². The fourth-order valence-corrected chi connectivity index (χ4v) is 3.50. The molecule has 7 heteroatoms. The summed E-state index contributed by atoms with van der Waals surface area (Å²) in [5.74, 6) is 0.846. The lowest BCUT2D eigenvalue weighted by atomic mass is 9.95. The number of halogens is 2. The Morgan fingerprint density at radius 3 is 2.67 bits per heavy atom. The summed E-state index contributed by atoms with van der Waals surface area (Å²) in [6.45, 7) is 0. The maximum Gasteiger partial charge on any atom is 0.168 e. The van der Waals surface area contributed by atoms with Crippen LogP contribution >= 0.6 is 23.2 Å². The van der Waals surface area contributed by atoms with Crippen molar-refractivity contribution in [2.45, 2.75) is 38.1 Å². The van der Waals surface area contributed by atoms with Gasteiger partial charge in [-0.2, -0.15) is 5.10 Å². The van der Waals surface area contributed by atoms with Crippen molar-refractivity contribution in [3.63, 3.8) is 0 Å². The Balaban J connectivity index is 1.71. The normalized spacial score (nSPS) is 15.8. The molecule has 0 spiro atoms. The summed E-state index contributed by atoms with van der Waals surface area (Å²) in [6, 6.07) is 5.89. The van der Waals surface area contributed by atoms with Crippen molar-refractivity contribution in [2.24, 2.45) is 0 Å². The Labute approximate surface area is 150 Å². The smallest absolute Gasteiger partial charge is 0.168 e. The van der Waals surface area contributed by atoms with Crippen LogP contribution in [0.5, 0.6) is 0 Å². The third-order valence-corrected chi connectivity index (χ3v) is 5.20. The van der Waals surface area contributed by atoms with E-state index in [0.29, 0.717) is 16.1 Å². The number of nitrogens with one attached hydrogen (secondary N) is 1. The number of aromatic nitrogens is 4. The third-order valence-electron chi connectivity index (χ3n) is 4.46. The third kappa shape index (κ3) is 2.94. The monoisotopic (exact) mass is 361 g/mol. The van der Waals surface area contributed by atoms with Gasteiger partial charge in [-0.25, -0.2) is 14.6 Å². The quantitative estimate of drug-likeness (QED) is 0.722. The maximum atomic E-state index is 6.12. The Morgan fingerprint density at radius 1 is 1.04 bits per heavy atom. The number of nitrogens with zero attached hydrogens (tertiary/aromatic N) is 4. The van der Waals surface area contributed by atoms with Crippen LogP contribution in [0, 0.1) is 0 Å². The van der Waals surface area contributed by atoms with Gasteiger partial charge in [0.05, 0.1) is 27.3 Å². The first-order valence-electron chi connectivity index (χ1n) is 8.13. The van der Waals surface area contributed by atoms with Gasteiger partial charge in [0.1, 0.15) is 12.1 Å². The molecule has 124 valence electrons. The van der Waals surface area contributed by atoms with Crippen LogP contribution in [0.25, 0.3) is 16.7 Å². The van der Waals surface area contributed by atoms with E-state index in [9.17, 15) is 0 Å². The van der Waals surface area contributed by atoms with Gasteiger partial charge in [-0.15, -0.1) is 0 Å². The minimum Gasteiger partial charge on any atom is -0.367 e. The molecule has 1 fully saturated rings. The second-order valence-electron chi connectivity index (χ2n) is 6.09. The molecule has 5 nitrogen and oxygen atoms in total. The molecule has 24 heavy (non-hydrogen) atoms. The molecular weight excluding hydrogens is 345 g/mol. The predicted molar refractivity (Wildman–Crippen MR) is 97.2 cm³/mol. The molecular formula is C17H17Cl2N5. The summed E-state index contributed by atoms with van der Waals surface area (Å²) in [5, 5.41) is 9.94. The minimum absolute atomic E-state index is 0.477. The molecule has 2 aromatic heterocycles. The molecule has 1 N–H and O–H groups in total. The summed E-state index contributed by atoms with van der Waals surface area (Å²) >= 11 is 12.1. The Hall–Kier alpha value is -1.85. The lowest BCUT2D eigenvalue weighted by molar-refractivity contribution is 0.462. The topological polar surface area (TPSA) is 55.6 Å². The highest BCUT2D eigenvalue weighted by molar-refractivity contribution is 6.42. The molecule has 4 rings (SSSR count). The number of benzene rings is 1. The molecule has 1 aromatic carbocycles. The summed E-state index contributed by atoms with van der Waals surface area (Å²) in [7, 11) is 0. The van der Waals surface area contributed by atoms with Crippen molar-refractivity contribution < 1.29 is 0 Å². The second-order valence-corrected chi connectivity index (χ2v) is 6.91. The van der Waals surface area contributed by atoms with E-state index in [2.05, 4.69) is 20.4 Å². The van der Waals surface area contributed by atoms with Crippen molar-refractivity contribution >= 4 is 40.1 Å². The molecule has 0 unspecified atom stereocenters. The first-order valence-corrected chi connectivity index (χ1v) is 8.88. The molecule has 1 saturated carbocycles. The van der Waals surface area contributed by atoms with Crippen LogP contribution in [-0.2, 0) is 0 Å². The predicted octanol–water partition coefficient (Wildman–Crippen LogP) is 4.87. The second kappa shape index (κ2) is 6.57. The van der Waals surface area contributed by atoms with Gasteiger partial charge >= 0.3 is 0 Å². The van der Waals surface area contributed by atoms with Crippen LogP contribution in [0.15, 0.2) is 30.7 Å². The number of hydrogen-bond donors (Lipinski definition) is 1. The van der Waals surface area contributed by atoms with E-state index in [-0.39, 0.29) is 0 Å². The van der Waals surface area contributed by atoms with Gasteiger partial charge in [0.15, 0.2) is 5.65 Å². The van der Waals surface area contributed by atoms with Gasteiger partial charge in [0.25, 0.3) is 0 Å². The number of rotatable bonds is 3. The maximum absolute atomic E-state index is 6.12. The Morgan fingerprint density at radius 2 is 1.88 bits per heavy atom. The molecule has 0 radical (unpaired) electrons. The standard InChI is InChI=1S/C17H17Cl2N5/c18-14-7-6-12(8-15(14)19)24-17-13(9-22-24)16(20-10-21-17)23-11-4-2-1-3-5-11/h6-11H,1-5H2,(H,20,21,23). The molecule has 1 aliphatic rings. The van der Waals surface area contributed by atoms with E-state index < -0.39 is 0 Å². The Kier molecular flexibility index (Phi) is 4.29. The van der Waals surface area contributed by atoms with Crippen LogP contribution in [0.4, 0.5) is 5.82 Å².